The van der Waals surface area contributed by atoms with Crippen LogP contribution in [0.2, 0.25) is 0 Å². The first-order valence-electron chi connectivity index (χ1n) is 6.81. The van der Waals surface area contributed by atoms with Crippen LogP contribution in [-0.2, 0) is 13.0 Å². The van der Waals surface area contributed by atoms with Crippen LogP contribution in [0.3, 0.4) is 0 Å². The fourth-order valence-electron chi connectivity index (χ4n) is 2.29. The summed E-state index contributed by atoms with van der Waals surface area (Å²) in [6.45, 7) is 6.99. The lowest BCUT2D eigenvalue weighted by Gasteiger charge is -2.16. The zero-order valence-corrected chi connectivity index (χ0v) is 11.9. The number of nitrogens with two attached hydrogens (primary N) is 1. The highest BCUT2D eigenvalue weighted by molar-refractivity contribution is 5.21. The summed E-state index contributed by atoms with van der Waals surface area (Å²) in [6.07, 6.45) is 0.955. The van der Waals surface area contributed by atoms with Crippen molar-refractivity contribution in [3.8, 4) is 0 Å². The molecule has 0 amide bonds. The summed E-state index contributed by atoms with van der Waals surface area (Å²) < 4.78 is 2.01. The van der Waals surface area contributed by atoms with E-state index in [1.807, 2.05) is 10.7 Å². The average Bonchev–Trinajstić information content (AvgIpc) is 2.81. The first-order chi connectivity index (χ1) is 9.13. The van der Waals surface area contributed by atoms with Gasteiger partial charge in [0.1, 0.15) is 0 Å². The Morgan fingerprint density at radius 2 is 1.84 bits per heavy atom. The first kappa shape index (κ1) is 13.7. The molecule has 0 aliphatic rings. The van der Waals surface area contributed by atoms with Crippen LogP contribution in [0.1, 0.15) is 43.8 Å². The summed E-state index contributed by atoms with van der Waals surface area (Å²) in [5, 5.41) is 8.53. The monoisotopic (exact) mass is 258 g/mol. The maximum atomic E-state index is 5.76. The van der Waals surface area contributed by atoms with Gasteiger partial charge in [0.15, 0.2) is 0 Å². The molecule has 0 saturated heterocycles. The van der Waals surface area contributed by atoms with E-state index >= 15 is 0 Å². The Morgan fingerprint density at radius 1 is 1.16 bits per heavy atom. The van der Waals surface area contributed by atoms with Gasteiger partial charge < -0.3 is 5.73 Å². The fraction of sp³-hybridized carbons (Fsp3) is 0.467. The highest BCUT2D eigenvalue weighted by Gasteiger charge is 2.18. The fourth-order valence-corrected chi connectivity index (χ4v) is 2.29. The number of nitrogens with zero attached hydrogens (tertiary/aromatic N) is 3. The van der Waals surface area contributed by atoms with Crippen LogP contribution in [0.15, 0.2) is 30.3 Å². The average molecular weight is 258 g/mol. The minimum absolute atomic E-state index is 0.183. The van der Waals surface area contributed by atoms with E-state index < -0.39 is 0 Å². The second-order valence-corrected chi connectivity index (χ2v) is 5.32. The van der Waals surface area contributed by atoms with Gasteiger partial charge in [-0.15, -0.1) is 5.10 Å². The van der Waals surface area contributed by atoms with Crippen molar-refractivity contribution >= 4 is 0 Å². The van der Waals surface area contributed by atoms with Crippen molar-refractivity contribution in [2.45, 2.75) is 39.8 Å². The summed E-state index contributed by atoms with van der Waals surface area (Å²) in [5.41, 5.74) is 9.07. The quantitative estimate of drug-likeness (QED) is 0.896. The normalized spacial score (nSPS) is 12.9. The maximum Gasteiger partial charge on any atom is 0.0995 e. The Kier molecular flexibility index (Phi) is 4.32. The van der Waals surface area contributed by atoms with Crippen molar-refractivity contribution in [1.29, 1.82) is 0 Å². The van der Waals surface area contributed by atoms with E-state index in [2.05, 4.69) is 55.3 Å². The Balaban J connectivity index is 2.36. The molecular weight excluding hydrogens is 236 g/mol. The van der Waals surface area contributed by atoms with Gasteiger partial charge in [0.05, 0.1) is 17.4 Å². The van der Waals surface area contributed by atoms with E-state index in [4.69, 9.17) is 5.73 Å². The molecule has 0 saturated carbocycles. The SMILES string of the molecule is CC(C)Cc1c(CN)nnn1C(C)c1ccccc1. The molecule has 4 nitrogen and oxygen atoms in total. The van der Waals surface area contributed by atoms with Crippen LogP contribution >= 0.6 is 0 Å². The summed E-state index contributed by atoms with van der Waals surface area (Å²) >= 11 is 0. The van der Waals surface area contributed by atoms with Gasteiger partial charge in [-0.05, 0) is 24.8 Å². The number of benzene rings is 1. The predicted octanol–water partition coefficient (Wildman–Crippen LogP) is 2.54. The molecular formula is C15H22N4. The first-order valence-corrected chi connectivity index (χ1v) is 6.81. The number of aromatic nitrogens is 3. The molecule has 1 heterocycles. The van der Waals surface area contributed by atoms with Crippen molar-refractivity contribution in [3.63, 3.8) is 0 Å². The third-order valence-corrected chi connectivity index (χ3v) is 3.32. The molecule has 0 aliphatic heterocycles. The van der Waals surface area contributed by atoms with E-state index in [9.17, 15) is 0 Å². The highest BCUT2D eigenvalue weighted by Crippen LogP contribution is 2.21. The molecule has 0 bridgehead atoms. The standard InChI is InChI=1S/C15H22N4/c1-11(2)9-15-14(10-16)17-18-19(15)12(3)13-7-5-4-6-8-13/h4-8,11-12H,9-10,16H2,1-3H3. The molecule has 0 spiro atoms. The molecule has 102 valence electrons. The van der Waals surface area contributed by atoms with Gasteiger partial charge in [-0.25, -0.2) is 4.68 Å². The van der Waals surface area contributed by atoms with Crippen molar-refractivity contribution in [3.05, 3.63) is 47.3 Å². The zero-order valence-electron chi connectivity index (χ0n) is 11.9. The molecule has 0 radical (unpaired) electrons. The Hall–Kier alpha value is -1.68. The molecule has 1 atom stereocenters. The third-order valence-electron chi connectivity index (χ3n) is 3.32. The van der Waals surface area contributed by atoms with Crippen molar-refractivity contribution in [1.82, 2.24) is 15.0 Å². The van der Waals surface area contributed by atoms with E-state index in [1.54, 1.807) is 0 Å². The lowest BCUT2D eigenvalue weighted by atomic mass is 10.0. The highest BCUT2D eigenvalue weighted by atomic mass is 15.4. The van der Waals surface area contributed by atoms with Gasteiger partial charge in [0, 0.05) is 6.54 Å². The number of rotatable bonds is 5. The third kappa shape index (κ3) is 3.01. The van der Waals surface area contributed by atoms with E-state index in [1.165, 1.54) is 5.56 Å². The molecule has 1 aromatic heterocycles. The maximum absolute atomic E-state index is 5.76. The van der Waals surface area contributed by atoms with E-state index in [0.717, 1.165) is 17.8 Å². The molecule has 4 heteroatoms. The van der Waals surface area contributed by atoms with Crippen molar-refractivity contribution in [2.24, 2.45) is 11.7 Å². The van der Waals surface area contributed by atoms with Gasteiger partial charge in [-0.2, -0.15) is 0 Å². The Bertz CT molecular complexity index is 516. The Labute approximate surface area is 114 Å². The summed E-state index contributed by atoms with van der Waals surface area (Å²) in [7, 11) is 0. The van der Waals surface area contributed by atoms with Gasteiger partial charge in [-0.1, -0.05) is 49.4 Å². The topological polar surface area (TPSA) is 56.7 Å². The summed E-state index contributed by atoms with van der Waals surface area (Å²) in [4.78, 5) is 0. The minimum atomic E-state index is 0.183. The van der Waals surface area contributed by atoms with Crippen LogP contribution in [0.4, 0.5) is 0 Å². The van der Waals surface area contributed by atoms with E-state index in [0.29, 0.717) is 12.5 Å². The molecule has 2 N–H and O–H groups in total. The van der Waals surface area contributed by atoms with Gasteiger partial charge in [0.25, 0.3) is 0 Å². The lowest BCUT2D eigenvalue weighted by molar-refractivity contribution is 0.499. The minimum Gasteiger partial charge on any atom is -0.325 e. The van der Waals surface area contributed by atoms with Crippen LogP contribution in [0.25, 0.3) is 0 Å². The van der Waals surface area contributed by atoms with Crippen LogP contribution < -0.4 is 5.73 Å². The number of hydrogen-bond donors (Lipinski definition) is 1. The zero-order chi connectivity index (χ0) is 13.8. The second kappa shape index (κ2) is 5.97. The van der Waals surface area contributed by atoms with Crippen molar-refractivity contribution in [2.75, 3.05) is 0 Å². The molecule has 1 aromatic carbocycles. The second-order valence-electron chi connectivity index (χ2n) is 5.32. The summed E-state index contributed by atoms with van der Waals surface area (Å²) in [6, 6.07) is 10.5. The lowest BCUT2D eigenvalue weighted by Crippen LogP contribution is -2.15. The molecule has 0 aliphatic carbocycles. The Morgan fingerprint density at radius 3 is 2.42 bits per heavy atom. The molecule has 19 heavy (non-hydrogen) atoms. The van der Waals surface area contributed by atoms with Gasteiger partial charge in [0.2, 0.25) is 0 Å². The number of hydrogen-bond acceptors (Lipinski definition) is 3. The molecule has 0 fully saturated rings. The smallest absolute Gasteiger partial charge is 0.0995 e. The van der Waals surface area contributed by atoms with Gasteiger partial charge in [-0.3, -0.25) is 0 Å². The van der Waals surface area contributed by atoms with Crippen molar-refractivity contribution < 1.29 is 0 Å². The van der Waals surface area contributed by atoms with E-state index in [-0.39, 0.29) is 6.04 Å². The largest absolute Gasteiger partial charge is 0.325 e. The van der Waals surface area contributed by atoms with Crippen LogP contribution in [0, 0.1) is 5.92 Å². The van der Waals surface area contributed by atoms with Crippen LogP contribution in [-0.4, -0.2) is 15.0 Å². The van der Waals surface area contributed by atoms with Crippen LogP contribution in [0.5, 0.6) is 0 Å². The van der Waals surface area contributed by atoms with Gasteiger partial charge >= 0.3 is 0 Å². The molecule has 2 aromatic rings. The predicted molar refractivity (Wildman–Crippen MR) is 76.7 cm³/mol. The molecule has 2 rings (SSSR count). The molecule has 1 unspecified atom stereocenters. The summed E-state index contributed by atoms with van der Waals surface area (Å²) in [5.74, 6) is 0.561.